The standard InChI is InChI=1S/C16H18F3N3OS/c1-21(2)15(23)13-8-7-12(24-13)11-9-14(16(17,18)19)22(20-11)10-5-3-4-6-10/h7-10H,3-6H2,1-2H3. The van der Waals surface area contributed by atoms with Gasteiger partial charge >= 0.3 is 6.18 Å². The number of hydrogen-bond acceptors (Lipinski definition) is 3. The molecule has 1 amide bonds. The molecule has 1 fully saturated rings. The highest BCUT2D eigenvalue weighted by Crippen LogP contribution is 2.39. The van der Waals surface area contributed by atoms with E-state index in [4.69, 9.17) is 0 Å². The summed E-state index contributed by atoms with van der Waals surface area (Å²) in [5, 5.41) is 4.23. The second kappa shape index (κ2) is 6.23. The zero-order valence-electron chi connectivity index (χ0n) is 13.4. The van der Waals surface area contributed by atoms with Gasteiger partial charge in [0, 0.05) is 14.1 Å². The molecule has 1 aliphatic rings. The molecular formula is C16H18F3N3OS. The van der Waals surface area contributed by atoms with Gasteiger partial charge in [-0.25, -0.2) is 0 Å². The molecule has 0 aromatic carbocycles. The zero-order chi connectivity index (χ0) is 17.5. The molecular weight excluding hydrogens is 339 g/mol. The molecule has 1 aliphatic carbocycles. The maximum atomic E-state index is 13.4. The smallest absolute Gasteiger partial charge is 0.344 e. The molecule has 1 saturated carbocycles. The van der Waals surface area contributed by atoms with Crippen LogP contribution in [0.1, 0.15) is 47.1 Å². The van der Waals surface area contributed by atoms with Crippen LogP contribution in [0.2, 0.25) is 0 Å². The monoisotopic (exact) mass is 357 g/mol. The number of alkyl halides is 3. The number of rotatable bonds is 3. The lowest BCUT2D eigenvalue weighted by molar-refractivity contribution is -0.145. The first-order valence-corrected chi connectivity index (χ1v) is 8.57. The third kappa shape index (κ3) is 3.19. The van der Waals surface area contributed by atoms with Gasteiger partial charge in [-0.15, -0.1) is 11.3 Å². The van der Waals surface area contributed by atoms with Gasteiger partial charge in [0.2, 0.25) is 0 Å². The molecule has 2 aromatic rings. The van der Waals surface area contributed by atoms with Crippen LogP contribution in [0.15, 0.2) is 18.2 Å². The third-order valence-electron chi connectivity index (χ3n) is 4.17. The molecule has 0 spiro atoms. The molecule has 4 nitrogen and oxygen atoms in total. The van der Waals surface area contributed by atoms with Gasteiger partial charge in [-0.2, -0.15) is 18.3 Å². The lowest BCUT2D eigenvalue weighted by Crippen LogP contribution is -2.20. The Morgan fingerprint density at radius 2 is 1.96 bits per heavy atom. The summed E-state index contributed by atoms with van der Waals surface area (Å²) < 4.78 is 41.2. The number of aromatic nitrogens is 2. The van der Waals surface area contributed by atoms with Crippen LogP contribution in [0.5, 0.6) is 0 Å². The number of carbonyl (C=O) groups is 1. The van der Waals surface area contributed by atoms with Crippen molar-refractivity contribution in [1.82, 2.24) is 14.7 Å². The molecule has 3 rings (SSSR count). The molecule has 2 heterocycles. The molecule has 130 valence electrons. The van der Waals surface area contributed by atoms with Crippen LogP contribution in [-0.4, -0.2) is 34.7 Å². The van der Waals surface area contributed by atoms with E-state index in [1.54, 1.807) is 26.2 Å². The van der Waals surface area contributed by atoms with Crippen molar-refractivity contribution in [2.75, 3.05) is 14.1 Å². The number of carbonyl (C=O) groups excluding carboxylic acids is 1. The first-order valence-electron chi connectivity index (χ1n) is 7.76. The largest absolute Gasteiger partial charge is 0.433 e. The molecule has 0 saturated heterocycles. The minimum Gasteiger partial charge on any atom is -0.344 e. The summed E-state index contributed by atoms with van der Waals surface area (Å²) in [7, 11) is 3.27. The van der Waals surface area contributed by atoms with Crippen molar-refractivity contribution >= 4 is 17.2 Å². The van der Waals surface area contributed by atoms with Crippen molar-refractivity contribution in [3.05, 3.63) is 28.8 Å². The maximum absolute atomic E-state index is 13.4. The van der Waals surface area contributed by atoms with Crippen molar-refractivity contribution in [1.29, 1.82) is 0 Å². The summed E-state index contributed by atoms with van der Waals surface area (Å²) in [5.41, 5.74) is -0.435. The summed E-state index contributed by atoms with van der Waals surface area (Å²) in [4.78, 5) is 14.5. The van der Waals surface area contributed by atoms with Gasteiger partial charge in [0.05, 0.1) is 15.8 Å². The number of halogens is 3. The highest BCUT2D eigenvalue weighted by molar-refractivity contribution is 7.17. The summed E-state index contributed by atoms with van der Waals surface area (Å²) in [5.74, 6) is -0.169. The van der Waals surface area contributed by atoms with Crippen LogP contribution >= 0.6 is 11.3 Å². The van der Waals surface area contributed by atoms with Crippen LogP contribution in [-0.2, 0) is 6.18 Å². The van der Waals surface area contributed by atoms with Crippen LogP contribution in [0.3, 0.4) is 0 Å². The fourth-order valence-electron chi connectivity index (χ4n) is 2.96. The van der Waals surface area contributed by atoms with Crippen molar-refractivity contribution in [2.24, 2.45) is 0 Å². The Bertz CT molecular complexity index is 742. The van der Waals surface area contributed by atoms with Gasteiger partial charge in [-0.1, -0.05) is 12.8 Å². The average Bonchev–Trinajstić information content (AvgIpc) is 3.23. The van der Waals surface area contributed by atoms with Gasteiger partial charge in [0.1, 0.15) is 11.4 Å². The van der Waals surface area contributed by atoms with Crippen LogP contribution in [0.4, 0.5) is 13.2 Å². The van der Waals surface area contributed by atoms with E-state index in [9.17, 15) is 18.0 Å². The Morgan fingerprint density at radius 3 is 2.54 bits per heavy atom. The van der Waals surface area contributed by atoms with E-state index in [-0.39, 0.29) is 17.6 Å². The Labute approximate surface area is 141 Å². The van der Waals surface area contributed by atoms with E-state index in [0.717, 1.165) is 47.8 Å². The van der Waals surface area contributed by atoms with E-state index in [1.807, 2.05) is 0 Å². The molecule has 0 unspecified atom stereocenters. The van der Waals surface area contributed by atoms with Gasteiger partial charge in [-0.3, -0.25) is 9.48 Å². The minimum absolute atomic E-state index is 0.169. The summed E-state index contributed by atoms with van der Waals surface area (Å²) in [6.07, 6.45) is -1.14. The Morgan fingerprint density at radius 1 is 1.29 bits per heavy atom. The fourth-order valence-corrected chi connectivity index (χ4v) is 3.95. The van der Waals surface area contributed by atoms with E-state index >= 15 is 0 Å². The van der Waals surface area contributed by atoms with Gasteiger partial charge in [0.25, 0.3) is 5.91 Å². The molecule has 0 radical (unpaired) electrons. The lowest BCUT2D eigenvalue weighted by Gasteiger charge is -2.15. The second-order valence-corrected chi connectivity index (χ2v) is 7.24. The normalized spacial score (nSPS) is 15.9. The van der Waals surface area contributed by atoms with Crippen molar-refractivity contribution in [2.45, 2.75) is 37.9 Å². The molecule has 0 bridgehead atoms. The lowest BCUT2D eigenvalue weighted by atomic mass is 10.2. The van der Waals surface area contributed by atoms with Crippen LogP contribution in [0.25, 0.3) is 10.6 Å². The topological polar surface area (TPSA) is 38.1 Å². The van der Waals surface area contributed by atoms with Gasteiger partial charge in [-0.05, 0) is 31.0 Å². The summed E-state index contributed by atoms with van der Waals surface area (Å²) in [6.45, 7) is 0. The van der Waals surface area contributed by atoms with Gasteiger partial charge in [0.15, 0.2) is 0 Å². The molecule has 0 atom stereocenters. The molecule has 2 aromatic heterocycles. The zero-order valence-corrected chi connectivity index (χ0v) is 14.2. The SMILES string of the molecule is CN(C)C(=O)c1ccc(-c2cc(C(F)(F)F)n(C3CCCC3)n2)s1. The average molecular weight is 357 g/mol. The highest BCUT2D eigenvalue weighted by atomic mass is 32.1. The van der Waals surface area contributed by atoms with Crippen molar-refractivity contribution < 1.29 is 18.0 Å². The minimum atomic E-state index is -4.44. The predicted molar refractivity (Wildman–Crippen MR) is 86.1 cm³/mol. The van der Waals surface area contributed by atoms with Crippen LogP contribution in [0, 0.1) is 0 Å². The highest BCUT2D eigenvalue weighted by Gasteiger charge is 2.38. The number of thiophene rings is 1. The summed E-state index contributed by atoms with van der Waals surface area (Å²) >= 11 is 1.16. The predicted octanol–water partition coefficient (Wildman–Crippen LogP) is 4.45. The van der Waals surface area contributed by atoms with E-state index in [1.165, 1.54) is 4.90 Å². The Hall–Kier alpha value is -1.83. The summed E-state index contributed by atoms with van der Waals surface area (Å²) in [6, 6.07) is 4.18. The third-order valence-corrected chi connectivity index (χ3v) is 5.27. The number of nitrogens with zero attached hydrogens (tertiary/aromatic N) is 3. The van der Waals surface area contributed by atoms with Crippen molar-refractivity contribution in [3.8, 4) is 10.6 Å². The molecule has 0 N–H and O–H groups in total. The second-order valence-electron chi connectivity index (χ2n) is 6.16. The quantitative estimate of drug-likeness (QED) is 0.814. The molecule has 24 heavy (non-hydrogen) atoms. The van der Waals surface area contributed by atoms with Crippen LogP contribution < -0.4 is 0 Å². The fraction of sp³-hybridized carbons (Fsp3) is 0.500. The maximum Gasteiger partial charge on any atom is 0.433 e. The first kappa shape index (κ1) is 17.0. The molecule has 8 heteroatoms. The first-order chi connectivity index (χ1) is 11.3. The van der Waals surface area contributed by atoms with Gasteiger partial charge < -0.3 is 4.90 Å². The molecule has 0 aliphatic heterocycles. The number of hydrogen-bond donors (Lipinski definition) is 0. The van der Waals surface area contributed by atoms with E-state index in [0.29, 0.717) is 9.75 Å². The van der Waals surface area contributed by atoms with E-state index in [2.05, 4.69) is 5.10 Å². The Balaban J connectivity index is 1.98. The van der Waals surface area contributed by atoms with Crippen molar-refractivity contribution in [3.63, 3.8) is 0 Å². The Kier molecular flexibility index (Phi) is 4.42. The number of amides is 1. The van der Waals surface area contributed by atoms with E-state index < -0.39 is 11.9 Å².